The van der Waals surface area contributed by atoms with Crippen LogP contribution in [-0.4, -0.2) is 18.2 Å². The zero-order valence-electron chi connectivity index (χ0n) is 10.5. The molecule has 0 bridgehead atoms. The Morgan fingerprint density at radius 1 is 1.20 bits per heavy atom. The van der Waals surface area contributed by atoms with Gasteiger partial charge in [0, 0.05) is 13.2 Å². The van der Waals surface area contributed by atoms with Crippen LogP contribution in [0.4, 0.5) is 18.9 Å². The van der Waals surface area contributed by atoms with Crippen LogP contribution in [0.25, 0.3) is 0 Å². The van der Waals surface area contributed by atoms with Crippen LogP contribution in [0.15, 0.2) is 23.2 Å². The predicted octanol–water partition coefficient (Wildman–Crippen LogP) is 1.95. The fourth-order valence-electron chi connectivity index (χ4n) is 1.65. The summed E-state index contributed by atoms with van der Waals surface area (Å²) in [5.74, 6) is -4.74. The molecule has 1 heterocycles. The normalized spacial score (nSPS) is 11.7. The molecule has 0 spiro atoms. The van der Waals surface area contributed by atoms with Gasteiger partial charge in [-0.2, -0.15) is 5.10 Å². The summed E-state index contributed by atoms with van der Waals surface area (Å²) in [4.78, 5) is -0.177. The molecule has 0 unspecified atom stereocenters. The van der Waals surface area contributed by atoms with Gasteiger partial charge in [-0.05, 0) is 19.1 Å². The van der Waals surface area contributed by atoms with Crippen LogP contribution in [0.1, 0.15) is 5.69 Å². The second-order valence-corrected chi connectivity index (χ2v) is 5.73. The Morgan fingerprint density at radius 2 is 1.85 bits per heavy atom. The Morgan fingerprint density at radius 3 is 2.40 bits per heavy atom. The lowest BCUT2D eigenvalue weighted by Crippen LogP contribution is -2.15. The lowest BCUT2D eigenvalue weighted by atomic mass is 10.3. The lowest BCUT2D eigenvalue weighted by Gasteiger charge is -2.08. The average Bonchev–Trinajstić information content (AvgIpc) is 2.70. The first kappa shape index (κ1) is 14.4. The minimum atomic E-state index is -4.14. The highest BCUT2D eigenvalue weighted by atomic mass is 32.2. The maximum Gasteiger partial charge on any atom is 0.265 e. The van der Waals surface area contributed by atoms with E-state index >= 15 is 0 Å². The maximum absolute atomic E-state index is 13.5. The summed E-state index contributed by atoms with van der Waals surface area (Å²) in [5.41, 5.74) is -0.477. The maximum atomic E-state index is 13.5. The first-order valence-corrected chi connectivity index (χ1v) is 6.87. The number of halogens is 3. The van der Waals surface area contributed by atoms with Crippen LogP contribution in [0.2, 0.25) is 0 Å². The summed E-state index contributed by atoms with van der Waals surface area (Å²) >= 11 is 0. The van der Waals surface area contributed by atoms with E-state index < -0.39 is 33.2 Å². The highest BCUT2D eigenvalue weighted by molar-refractivity contribution is 7.92. The van der Waals surface area contributed by atoms with E-state index in [0.29, 0.717) is 6.07 Å². The van der Waals surface area contributed by atoms with E-state index in [1.54, 1.807) is 0 Å². The van der Waals surface area contributed by atoms with E-state index in [2.05, 4.69) is 5.10 Å². The Hall–Kier alpha value is -2.03. The Kier molecular flexibility index (Phi) is 3.46. The Bertz CT molecular complexity index is 771. The van der Waals surface area contributed by atoms with E-state index in [0.717, 1.165) is 6.07 Å². The van der Waals surface area contributed by atoms with Crippen molar-refractivity contribution in [2.24, 2.45) is 7.05 Å². The summed E-state index contributed by atoms with van der Waals surface area (Å²) in [7, 11) is -2.62. The van der Waals surface area contributed by atoms with Crippen LogP contribution < -0.4 is 4.72 Å². The molecule has 1 N–H and O–H groups in total. The second-order valence-electron chi connectivity index (χ2n) is 4.08. The first-order chi connectivity index (χ1) is 9.22. The monoisotopic (exact) mass is 305 g/mol. The molecule has 0 aliphatic heterocycles. The van der Waals surface area contributed by atoms with Crippen molar-refractivity contribution in [2.45, 2.75) is 11.8 Å². The molecule has 0 radical (unpaired) electrons. The lowest BCUT2D eigenvalue weighted by molar-refractivity contribution is 0.449. The van der Waals surface area contributed by atoms with Crippen molar-refractivity contribution >= 4 is 15.7 Å². The van der Waals surface area contributed by atoms with Crippen molar-refractivity contribution in [2.75, 3.05) is 4.72 Å². The van der Waals surface area contributed by atoms with E-state index in [1.165, 1.54) is 24.9 Å². The zero-order chi connectivity index (χ0) is 15.1. The minimum absolute atomic E-state index is 0.177. The smallest absolute Gasteiger partial charge is 0.265 e. The van der Waals surface area contributed by atoms with Crippen molar-refractivity contribution in [3.8, 4) is 0 Å². The van der Waals surface area contributed by atoms with E-state index in [9.17, 15) is 21.6 Å². The van der Waals surface area contributed by atoms with Crippen LogP contribution in [0.3, 0.4) is 0 Å². The number of hydrogen-bond acceptors (Lipinski definition) is 3. The molecule has 0 fully saturated rings. The molecule has 0 saturated carbocycles. The van der Waals surface area contributed by atoms with Gasteiger partial charge in [-0.1, -0.05) is 0 Å². The molecule has 1 aromatic carbocycles. The zero-order valence-corrected chi connectivity index (χ0v) is 11.3. The van der Waals surface area contributed by atoms with Crippen LogP contribution in [0.5, 0.6) is 0 Å². The number of aryl methyl sites for hydroxylation is 2. The third-order valence-corrected chi connectivity index (χ3v) is 4.01. The van der Waals surface area contributed by atoms with Crippen LogP contribution >= 0.6 is 0 Å². The topological polar surface area (TPSA) is 64.0 Å². The molecule has 2 aromatic rings. The van der Waals surface area contributed by atoms with Gasteiger partial charge in [0.2, 0.25) is 0 Å². The van der Waals surface area contributed by atoms with Gasteiger partial charge in [0.15, 0.2) is 17.5 Å². The van der Waals surface area contributed by atoms with Crippen molar-refractivity contribution in [1.82, 2.24) is 9.78 Å². The molecule has 0 atom stereocenters. The molecule has 1 aromatic heterocycles. The minimum Gasteiger partial charge on any atom is -0.276 e. The third kappa shape index (κ3) is 2.48. The van der Waals surface area contributed by atoms with Gasteiger partial charge in [-0.15, -0.1) is 0 Å². The number of anilines is 1. The van der Waals surface area contributed by atoms with Crippen molar-refractivity contribution in [3.05, 3.63) is 41.5 Å². The molecule has 0 saturated heterocycles. The Labute approximate surface area is 113 Å². The third-order valence-electron chi connectivity index (χ3n) is 2.54. The molecule has 20 heavy (non-hydrogen) atoms. The SMILES string of the molecule is Cc1nn(C)cc1S(=O)(=O)Nc1ccc(F)c(F)c1F. The number of hydrogen-bond donors (Lipinski definition) is 1. The van der Waals surface area contributed by atoms with Crippen molar-refractivity contribution < 1.29 is 21.6 Å². The van der Waals surface area contributed by atoms with E-state index in [1.807, 2.05) is 4.72 Å². The summed E-state index contributed by atoms with van der Waals surface area (Å²) in [6.07, 6.45) is 1.22. The Balaban J connectivity index is 2.44. The summed E-state index contributed by atoms with van der Waals surface area (Å²) in [6, 6.07) is 1.43. The fraction of sp³-hybridized carbons (Fsp3) is 0.182. The van der Waals surface area contributed by atoms with Crippen LogP contribution in [-0.2, 0) is 17.1 Å². The van der Waals surface area contributed by atoms with Crippen molar-refractivity contribution in [3.63, 3.8) is 0 Å². The highest BCUT2D eigenvalue weighted by Crippen LogP contribution is 2.23. The molecular formula is C11H10F3N3O2S. The largest absolute Gasteiger partial charge is 0.276 e. The number of nitrogens with one attached hydrogen (secondary N) is 1. The van der Waals surface area contributed by atoms with Gasteiger partial charge < -0.3 is 0 Å². The summed E-state index contributed by atoms with van der Waals surface area (Å²) < 4.78 is 66.5. The van der Waals surface area contributed by atoms with Gasteiger partial charge in [-0.3, -0.25) is 9.40 Å². The molecule has 5 nitrogen and oxygen atoms in total. The molecule has 9 heteroatoms. The molecule has 0 aliphatic rings. The fourth-order valence-corrected chi connectivity index (χ4v) is 2.92. The van der Waals surface area contributed by atoms with Gasteiger partial charge in [-0.25, -0.2) is 21.6 Å². The summed E-state index contributed by atoms with van der Waals surface area (Å²) in [6.45, 7) is 1.45. The number of benzene rings is 1. The predicted molar refractivity (Wildman–Crippen MR) is 65.1 cm³/mol. The number of nitrogens with zero attached hydrogens (tertiary/aromatic N) is 2. The molecular weight excluding hydrogens is 295 g/mol. The highest BCUT2D eigenvalue weighted by Gasteiger charge is 2.23. The van der Waals surface area contributed by atoms with Gasteiger partial charge >= 0.3 is 0 Å². The first-order valence-electron chi connectivity index (χ1n) is 5.39. The average molecular weight is 305 g/mol. The van der Waals surface area contributed by atoms with Gasteiger partial charge in [0.25, 0.3) is 10.0 Å². The molecule has 0 amide bonds. The standard InChI is InChI=1S/C11H10F3N3O2S/c1-6-9(5-17(2)15-6)20(18,19)16-8-4-3-7(12)10(13)11(8)14/h3-5,16H,1-2H3. The second kappa shape index (κ2) is 4.82. The molecule has 2 rings (SSSR count). The van der Waals surface area contributed by atoms with Crippen molar-refractivity contribution in [1.29, 1.82) is 0 Å². The van der Waals surface area contributed by atoms with E-state index in [4.69, 9.17) is 0 Å². The van der Waals surface area contributed by atoms with E-state index in [-0.39, 0.29) is 10.6 Å². The number of sulfonamides is 1. The quantitative estimate of drug-likeness (QED) is 0.882. The summed E-state index contributed by atoms with van der Waals surface area (Å²) in [5, 5.41) is 3.84. The van der Waals surface area contributed by atoms with Gasteiger partial charge in [0.1, 0.15) is 4.90 Å². The molecule has 108 valence electrons. The van der Waals surface area contributed by atoms with Gasteiger partial charge in [0.05, 0.1) is 11.4 Å². The number of aromatic nitrogens is 2. The molecule has 0 aliphatic carbocycles. The van der Waals surface area contributed by atoms with Crippen LogP contribution in [0, 0.1) is 24.4 Å². The number of rotatable bonds is 3.